The summed E-state index contributed by atoms with van der Waals surface area (Å²) >= 11 is 1.27. The minimum Gasteiger partial charge on any atom is -0.481 e. The van der Waals surface area contributed by atoms with Gasteiger partial charge in [0.2, 0.25) is 0 Å². The first kappa shape index (κ1) is 13.0. The lowest BCUT2D eigenvalue weighted by Crippen LogP contribution is -2.18. The molecule has 3 rings (SSSR count). The Morgan fingerprint density at radius 3 is 2.89 bits per heavy atom. The van der Waals surface area contributed by atoms with Crippen LogP contribution in [0.4, 0.5) is 0 Å². The first-order chi connectivity index (χ1) is 9.13. The monoisotopic (exact) mass is 281 g/mol. The van der Waals surface area contributed by atoms with Gasteiger partial charge in [0.15, 0.2) is 5.16 Å². The van der Waals surface area contributed by atoms with Crippen LogP contribution in [0.3, 0.4) is 0 Å². The predicted molar refractivity (Wildman–Crippen MR) is 72.1 cm³/mol. The smallest absolute Gasteiger partial charge is 0.313 e. The van der Waals surface area contributed by atoms with Gasteiger partial charge in [0, 0.05) is 6.54 Å². The number of thioether (sulfide) groups is 1. The molecule has 0 radical (unpaired) electrons. The molecule has 19 heavy (non-hydrogen) atoms. The van der Waals surface area contributed by atoms with Crippen LogP contribution in [0, 0.1) is 24.7 Å². The lowest BCUT2D eigenvalue weighted by atomic mass is 9.89. The topological polar surface area (TPSA) is 68.0 Å². The Bertz CT molecular complexity index is 488. The van der Waals surface area contributed by atoms with Crippen LogP contribution in [0.5, 0.6) is 0 Å². The molecule has 0 aliphatic heterocycles. The molecule has 2 bridgehead atoms. The molecule has 3 unspecified atom stereocenters. The van der Waals surface area contributed by atoms with E-state index in [2.05, 4.69) is 14.8 Å². The van der Waals surface area contributed by atoms with E-state index >= 15 is 0 Å². The maximum atomic E-state index is 10.7. The lowest BCUT2D eigenvalue weighted by Gasteiger charge is -2.22. The van der Waals surface area contributed by atoms with Crippen molar-refractivity contribution in [2.75, 3.05) is 5.75 Å². The number of carboxylic acid groups (broad SMARTS) is 1. The van der Waals surface area contributed by atoms with Crippen molar-refractivity contribution < 1.29 is 9.90 Å². The van der Waals surface area contributed by atoms with E-state index in [1.165, 1.54) is 37.4 Å². The van der Waals surface area contributed by atoms with Crippen molar-refractivity contribution in [2.45, 2.75) is 44.3 Å². The SMILES string of the molecule is Cc1nnc(SCC(=O)O)n1CC1CC2CCC1C2. The van der Waals surface area contributed by atoms with Gasteiger partial charge in [-0.25, -0.2) is 0 Å². The first-order valence-electron chi connectivity index (χ1n) is 6.88. The van der Waals surface area contributed by atoms with Crippen molar-refractivity contribution in [1.29, 1.82) is 0 Å². The van der Waals surface area contributed by atoms with Crippen LogP contribution in [0.15, 0.2) is 5.16 Å². The van der Waals surface area contributed by atoms with Crippen LogP contribution in [0.1, 0.15) is 31.5 Å². The number of hydrogen-bond donors (Lipinski definition) is 1. The van der Waals surface area contributed by atoms with E-state index in [0.717, 1.165) is 35.3 Å². The van der Waals surface area contributed by atoms with E-state index in [1.54, 1.807) is 0 Å². The van der Waals surface area contributed by atoms with Crippen molar-refractivity contribution in [3.05, 3.63) is 5.82 Å². The second-order valence-corrected chi connectivity index (χ2v) is 6.70. The van der Waals surface area contributed by atoms with Crippen LogP contribution in [-0.2, 0) is 11.3 Å². The number of aromatic nitrogens is 3. The van der Waals surface area contributed by atoms with E-state index in [1.807, 2.05) is 6.92 Å². The fourth-order valence-electron chi connectivity index (χ4n) is 3.64. The molecule has 2 aliphatic rings. The number of aryl methyl sites for hydroxylation is 1. The molecule has 1 heterocycles. The third-order valence-corrected chi connectivity index (χ3v) is 5.48. The fraction of sp³-hybridized carbons (Fsp3) is 0.769. The number of carbonyl (C=O) groups is 1. The molecule has 0 aromatic carbocycles. The number of fused-ring (bicyclic) bond motifs is 2. The van der Waals surface area contributed by atoms with Crippen molar-refractivity contribution in [3.8, 4) is 0 Å². The third kappa shape index (κ3) is 2.63. The predicted octanol–water partition coefficient (Wildman–Crippen LogP) is 2.20. The van der Waals surface area contributed by atoms with E-state index in [0.29, 0.717) is 0 Å². The lowest BCUT2D eigenvalue weighted by molar-refractivity contribution is -0.133. The van der Waals surface area contributed by atoms with Crippen LogP contribution in [-0.4, -0.2) is 31.6 Å². The van der Waals surface area contributed by atoms with Gasteiger partial charge in [-0.2, -0.15) is 0 Å². The highest BCUT2D eigenvalue weighted by molar-refractivity contribution is 7.99. The Balaban J connectivity index is 1.69. The van der Waals surface area contributed by atoms with Gasteiger partial charge < -0.3 is 9.67 Å². The highest BCUT2D eigenvalue weighted by Crippen LogP contribution is 2.49. The summed E-state index contributed by atoms with van der Waals surface area (Å²) in [6, 6.07) is 0. The molecule has 1 aromatic rings. The van der Waals surface area contributed by atoms with Crippen LogP contribution >= 0.6 is 11.8 Å². The number of aliphatic carboxylic acids is 1. The summed E-state index contributed by atoms with van der Waals surface area (Å²) in [5, 5.41) is 17.7. The molecule has 6 heteroatoms. The standard InChI is InChI=1S/C13H19N3O2S/c1-8-14-15-13(19-7-12(17)18)16(8)6-11-5-9-2-3-10(11)4-9/h9-11H,2-7H2,1H3,(H,17,18). The minimum atomic E-state index is -0.808. The van der Waals surface area contributed by atoms with Crippen molar-refractivity contribution >= 4 is 17.7 Å². The quantitative estimate of drug-likeness (QED) is 0.838. The van der Waals surface area contributed by atoms with Gasteiger partial charge in [0.1, 0.15) is 5.82 Å². The van der Waals surface area contributed by atoms with Crippen LogP contribution in [0.2, 0.25) is 0 Å². The molecule has 0 saturated heterocycles. The third-order valence-electron chi connectivity index (χ3n) is 4.53. The molecule has 1 N–H and O–H groups in total. The average Bonchev–Trinajstić information content (AvgIpc) is 3.05. The van der Waals surface area contributed by atoms with E-state index < -0.39 is 5.97 Å². The molecule has 0 spiro atoms. The Morgan fingerprint density at radius 1 is 1.42 bits per heavy atom. The van der Waals surface area contributed by atoms with Gasteiger partial charge in [-0.05, 0) is 43.9 Å². The summed E-state index contributed by atoms with van der Waals surface area (Å²) in [7, 11) is 0. The molecule has 2 aliphatic carbocycles. The maximum Gasteiger partial charge on any atom is 0.313 e. The molecule has 2 saturated carbocycles. The minimum absolute atomic E-state index is 0.0504. The van der Waals surface area contributed by atoms with E-state index in [9.17, 15) is 4.79 Å². The van der Waals surface area contributed by atoms with Gasteiger partial charge in [-0.1, -0.05) is 18.2 Å². The van der Waals surface area contributed by atoms with Crippen LogP contribution < -0.4 is 0 Å². The van der Waals surface area contributed by atoms with E-state index in [-0.39, 0.29) is 5.75 Å². The summed E-state index contributed by atoms with van der Waals surface area (Å²) in [5.41, 5.74) is 0. The largest absolute Gasteiger partial charge is 0.481 e. The average molecular weight is 281 g/mol. The molecule has 5 nitrogen and oxygen atoms in total. The molecule has 0 amide bonds. The normalized spacial score (nSPS) is 29.0. The second kappa shape index (κ2) is 5.15. The van der Waals surface area contributed by atoms with E-state index in [4.69, 9.17) is 5.11 Å². The Labute approximate surface area is 116 Å². The van der Waals surface area contributed by atoms with Gasteiger partial charge in [-0.3, -0.25) is 4.79 Å². The zero-order chi connectivity index (χ0) is 13.4. The highest BCUT2D eigenvalue weighted by atomic mass is 32.2. The summed E-state index contributed by atoms with van der Waals surface area (Å²) in [5.74, 6) is 2.67. The zero-order valence-electron chi connectivity index (χ0n) is 11.1. The summed E-state index contributed by atoms with van der Waals surface area (Å²) in [6.45, 7) is 2.91. The van der Waals surface area contributed by atoms with Crippen LogP contribution in [0.25, 0.3) is 0 Å². The van der Waals surface area contributed by atoms with Gasteiger partial charge in [0.05, 0.1) is 5.75 Å². The Hall–Kier alpha value is -1.04. The molecule has 104 valence electrons. The molecular formula is C13H19N3O2S. The zero-order valence-corrected chi connectivity index (χ0v) is 11.9. The molecule has 1 aromatic heterocycles. The van der Waals surface area contributed by atoms with Crippen molar-refractivity contribution in [1.82, 2.24) is 14.8 Å². The summed E-state index contributed by atoms with van der Waals surface area (Å²) in [4.78, 5) is 10.7. The maximum absolute atomic E-state index is 10.7. The Kier molecular flexibility index (Phi) is 3.52. The number of nitrogens with zero attached hydrogens (tertiary/aromatic N) is 3. The Morgan fingerprint density at radius 2 is 2.26 bits per heavy atom. The number of hydrogen-bond acceptors (Lipinski definition) is 4. The second-order valence-electron chi connectivity index (χ2n) is 5.76. The summed E-state index contributed by atoms with van der Waals surface area (Å²) in [6.07, 6.45) is 5.49. The fourth-order valence-corrected chi connectivity index (χ4v) is 4.35. The van der Waals surface area contributed by atoms with Crippen molar-refractivity contribution in [2.24, 2.45) is 17.8 Å². The highest BCUT2D eigenvalue weighted by Gasteiger charge is 2.39. The number of carboxylic acids is 1. The first-order valence-corrected chi connectivity index (χ1v) is 7.86. The van der Waals surface area contributed by atoms with Gasteiger partial charge in [0.25, 0.3) is 0 Å². The van der Waals surface area contributed by atoms with Crippen molar-refractivity contribution in [3.63, 3.8) is 0 Å². The molecule has 3 atom stereocenters. The van der Waals surface area contributed by atoms with Gasteiger partial charge in [-0.15, -0.1) is 10.2 Å². The van der Waals surface area contributed by atoms with Gasteiger partial charge >= 0.3 is 5.97 Å². The number of rotatable bonds is 5. The molecule has 2 fully saturated rings. The molecular weight excluding hydrogens is 262 g/mol. The summed E-state index contributed by atoms with van der Waals surface area (Å²) < 4.78 is 2.11.